The zero-order valence-corrected chi connectivity index (χ0v) is 14.9. The Morgan fingerprint density at radius 3 is 2.43 bits per heavy atom. The minimum atomic E-state index is -0.0167. The number of anilines is 1. The molecule has 1 aliphatic carbocycles. The van der Waals surface area contributed by atoms with E-state index in [4.69, 9.17) is 4.74 Å². The van der Waals surface area contributed by atoms with Crippen LogP contribution >= 0.6 is 15.9 Å². The van der Waals surface area contributed by atoms with Crippen molar-refractivity contribution in [3.63, 3.8) is 0 Å². The second-order valence-corrected chi connectivity index (χ2v) is 6.75. The third kappa shape index (κ3) is 5.62. The molecule has 1 saturated carbocycles. The van der Waals surface area contributed by atoms with Crippen LogP contribution in [0.4, 0.5) is 5.69 Å². The molecule has 2 N–H and O–H groups in total. The number of halogens is 1. The second kappa shape index (κ2) is 9.03. The molecule has 0 unspecified atom stereocenters. The Labute approximate surface area is 145 Å². The van der Waals surface area contributed by atoms with Gasteiger partial charge in [0, 0.05) is 35.7 Å². The number of hydrogen-bond donors (Lipinski definition) is 2. The molecular formula is C17H23BrN2O3. The molecule has 0 heterocycles. The highest BCUT2D eigenvalue weighted by atomic mass is 79.9. The summed E-state index contributed by atoms with van der Waals surface area (Å²) in [5.74, 6) is 0.119. The zero-order valence-electron chi connectivity index (χ0n) is 13.3. The lowest BCUT2D eigenvalue weighted by Gasteiger charge is -2.27. The molecule has 0 spiro atoms. The summed E-state index contributed by atoms with van der Waals surface area (Å²) in [6.07, 6.45) is 3.02. The quantitative estimate of drug-likeness (QED) is 0.743. The van der Waals surface area contributed by atoms with E-state index >= 15 is 0 Å². The van der Waals surface area contributed by atoms with E-state index in [2.05, 4.69) is 26.6 Å². The number of carbonyl (C=O) groups excluding carboxylic acids is 2. The molecule has 1 aliphatic rings. The van der Waals surface area contributed by atoms with Crippen molar-refractivity contribution in [3.8, 4) is 0 Å². The number of ether oxygens (including phenoxy) is 1. The molecular weight excluding hydrogens is 360 g/mol. The summed E-state index contributed by atoms with van der Waals surface area (Å²) in [7, 11) is 1.61. The first-order valence-corrected chi connectivity index (χ1v) is 8.72. The molecule has 0 saturated heterocycles. The van der Waals surface area contributed by atoms with Crippen LogP contribution in [0.2, 0.25) is 0 Å². The Kier molecular flexibility index (Phi) is 7.05. The monoisotopic (exact) mass is 382 g/mol. The van der Waals surface area contributed by atoms with Gasteiger partial charge in [0.25, 0.3) is 0 Å². The smallest absolute Gasteiger partial charge is 0.227 e. The molecule has 6 heteroatoms. The molecule has 0 atom stereocenters. The first kappa shape index (κ1) is 17.9. The summed E-state index contributed by atoms with van der Waals surface area (Å²) in [5, 5.41) is 5.83. The first-order chi connectivity index (χ1) is 11.1. The van der Waals surface area contributed by atoms with Crippen LogP contribution < -0.4 is 10.6 Å². The fraction of sp³-hybridized carbons (Fsp3) is 0.529. The summed E-state index contributed by atoms with van der Waals surface area (Å²) in [6, 6.07) is 7.56. The second-order valence-electron chi connectivity index (χ2n) is 5.83. The zero-order chi connectivity index (χ0) is 16.7. The Balaban J connectivity index is 1.77. The van der Waals surface area contributed by atoms with E-state index in [0.717, 1.165) is 35.8 Å². The van der Waals surface area contributed by atoms with E-state index in [1.165, 1.54) is 0 Å². The highest BCUT2D eigenvalue weighted by Crippen LogP contribution is 2.30. The standard InChI is InChI=1S/C17H23BrN2O3/c1-23-10-9-19-16(21)12-5-7-13(8-6-12)17(22)20-15-4-2-3-14(18)11-15/h2-4,11-13H,5-10H2,1H3,(H,19,21)(H,20,22). The van der Waals surface area contributed by atoms with Crippen molar-refractivity contribution >= 4 is 33.4 Å². The van der Waals surface area contributed by atoms with Crippen molar-refractivity contribution in [2.75, 3.05) is 25.6 Å². The van der Waals surface area contributed by atoms with Gasteiger partial charge in [-0.3, -0.25) is 9.59 Å². The predicted octanol–water partition coefficient (Wildman–Crippen LogP) is 2.96. The fourth-order valence-corrected chi connectivity index (χ4v) is 3.25. The first-order valence-electron chi connectivity index (χ1n) is 7.93. The van der Waals surface area contributed by atoms with Crippen molar-refractivity contribution in [1.29, 1.82) is 0 Å². The van der Waals surface area contributed by atoms with Gasteiger partial charge in [0.05, 0.1) is 6.61 Å². The summed E-state index contributed by atoms with van der Waals surface area (Å²) in [5.41, 5.74) is 0.795. The van der Waals surface area contributed by atoms with Gasteiger partial charge in [-0.05, 0) is 43.9 Å². The van der Waals surface area contributed by atoms with Crippen LogP contribution in [-0.4, -0.2) is 32.1 Å². The number of hydrogen-bond acceptors (Lipinski definition) is 3. The van der Waals surface area contributed by atoms with Gasteiger partial charge in [-0.2, -0.15) is 0 Å². The van der Waals surface area contributed by atoms with Crippen LogP contribution in [0, 0.1) is 11.8 Å². The van der Waals surface area contributed by atoms with E-state index in [9.17, 15) is 9.59 Å². The van der Waals surface area contributed by atoms with E-state index < -0.39 is 0 Å². The molecule has 1 aromatic rings. The topological polar surface area (TPSA) is 67.4 Å². The van der Waals surface area contributed by atoms with Gasteiger partial charge in [-0.1, -0.05) is 22.0 Å². The molecule has 23 heavy (non-hydrogen) atoms. The van der Waals surface area contributed by atoms with E-state index in [0.29, 0.717) is 13.2 Å². The molecule has 126 valence electrons. The van der Waals surface area contributed by atoms with Crippen molar-refractivity contribution in [3.05, 3.63) is 28.7 Å². The largest absolute Gasteiger partial charge is 0.383 e. The summed E-state index contributed by atoms with van der Waals surface area (Å²) in [4.78, 5) is 24.3. The highest BCUT2D eigenvalue weighted by molar-refractivity contribution is 9.10. The molecule has 0 aromatic heterocycles. The molecule has 1 fully saturated rings. The Bertz CT molecular complexity index is 542. The van der Waals surface area contributed by atoms with Crippen LogP contribution in [0.15, 0.2) is 28.7 Å². The lowest BCUT2D eigenvalue weighted by molar-refractivity contribution is -0.128. The van der Waals surface area contributed by atoms with Gasteiger partial charge >= 0.3 is 0 Å². The minimum absolute atomic E-state index is 0.0155. The van der Waals surface area contributed by atoms with Crippen molar-refractivity contribution in [2.24, 2.45) is 11.8 Å². The number of amides is 2. The Morgan fingerprint density at radius 2 is 1.83 bits per heavy atom. The maximum atomic E-state index is 12.3. The van der Waals surface area contributed by atoms with Crippen LogP contribution in [0.5, 0.6) is 0 Å². The number of methoxy groups -OCH3 is 1. The van der Waals surface area contributed by atoms with Crippen LogP contribution in [0.25, 0.3) is 0 Å². The normalized spacial score (nSPS) is 20.8. The SMILES string of the molecule is COCCNC(=O)C1CCC(C(=O)Nc2cccc(Br)c2)CC1. The molecule has 0 bridgehead atoms. The van der Waals surface area contributed by atoms with E-state index in [-0.39, 0.29) is 23.7 Å². The van der Waals surface area contributed by atoms with Crippen LogP contribution in [0.1, 0.15) is 25.7 Å². The lowest BCUT2D eigenvalue weighted by atomic mass is 9.81. The van der Waals surface area contributed by atoms with Crippen molar-refractivity contribution < 1.29 is 14.3 Å². The third-order valence-corrected chi connectivity index (χ3v) is 4.66. The maximum Gasteiger partial charge on any atom is 0.227 e. The molecule has 0 radical (unpaired) electrons. The summed E-state index contributed by atoms with van der Waals surface area (Å²) >= 11 is 3.39. The molecule has 0 aliphatic heterocycles. The van der Waals surface area contributed by atoms with Gasteiger partial charge in [0.2, 0.25) is 11.8 Å². The number of nitrogens with one attached hydrogen (secondary N) is 2. The fourth-order valence-electron chi connectivity index (χ4n) is 2.85. The van der Waals surface area contributed by atoms with E-state index in [1.807, 2.05) is 24.3 Å². The average molecular weight is 383 g/mol. The van der Waals surface area contributed by atoms with Gasteiger partial charge in [-0.25, -0.2) is 0 Å². The van der Waals surface area contributed by atoms with Gasteiger partial charge in [-0.15, -0.1) is 0 Å². The Morgan fingerprint density at radius 1 is 1.17 bits per heavy atom. The predicted molar refractivity (Wildman–Crippen MR) is 93.1 cm³/mol. The summed E-state index contributed by atoms with van der Waals surface area (Å²) in [6.45, 7) is 1.06. The molecule has 5 nitrogen and oxygen atoms in total. The Hall–Kier alpha value is -1.40. The molecule has 2 amide bonds. The lowest BCUT2D eigenvalue weighted by Crippen LogP contribution is -2.36. The van der Waals surface area contributed by atoms with Crippen molar-refractivity contribution in [1.82, 2.24) is 5.32 Å². The summed E-state index contributed by atoms with van der Waals surface area (Å²) < 4.78 is 5.86. The van der Waals surface area contributed by atoms with Gasteiger partial charge < -0.3 is 15.4 Å². The molecule has 1 aromatic carbocycles. The van der Waals surface area contributed by atoms with Gasteiger partial charge in [0.15, 0.2) is 0 Å². The molecule has 2 rings (SSSR count). The maximum absolute atomic E-state index is 12.3. The third-order valence-electron chi connectivity index (χ3n) is 4.17. The van der Waals surface area contributed by atoms with Crippen LogP contribution in [0.3, 0.4) is 0 Å². The highest BCUT2D eigenvalue weighted by Gasteiger charge is 2.29. The number of carbonyl (C=O) groups is 2. The number of rotatable bonds is 6. The average Bonchev–Trinajstić information content (AvgIpc) is 2.55. The van der Waals surface area contributed by atoms with Crippen molar-refractivity contribution in [2.45, 2.75) is 25.7 Å². The minimum Gasteiger partial charge on any atom is -0.383 e. The van der Waals surface area contributed by atoms with Crippen LogP contribution in [-0.2, 0) is 14.3 Å². The number of benzene rings is 1. The van der Waals surface area contributed by atoms with E-state index in [1.54, 1.807) is 7.11 Å². The van der Waals surface area contributed by atoms with Gasteiger partial charge in [0.1, 0.15) is 0 Å².